The highest BCUT2D eigenvalue weighted by Gasteiger charge is 2.22. The van der Waals surface area contributed by atoms with Crippen molar-refractivity contribution in [2.45, 2.75) is 26.3 Å². The van der Waals surface area contributed by atoms with Crippen LogP contribution in [0.15, 0.2) is 18.2 Å². The Balaban J connectivity index is 2.16. The van der Waals surface area contributed by atoms with E-state index in [4.69, 9.17) is 16.3 Å². The summed E-state index contributed by atoms with van der Waals surface area (Å²) in [5.41, 5.74) is 1.19. The van der Waals surface area contributed by atoms with E-state index in [1.165, 1.54) is 5.56 Å². The predicted molar refractivity (Wildman–Crippen MR) is 67.1 cm³/mol. The molecule has 1 aliphatic rings. The fourth-order valence-electron chi connectivity index (χ4n) is 1.98. The lowest BCUT2D eigenvalue weighted by Crippen LogP contribution is -2.29. The quantitative estimate of drug-likeness (QED) is 0.873. The Morgan fingerprint density at radius 3 is 3.06 bits per heavy atom. The fourth-order valence-corrected chi connectivity index (χ4v) is 2.21. The lowest BCUT2D eigenvalue weighted by molar-refractivity contribution is 0.250. The molecular formula is C13H18ClNO. The maximum atomic E-state index is 6.12. The van der Waals surface area contributed by atoms with Gasteiger partial charge >= 0.3 is 0 Å². The van der Waals surface area contributed by atoms with Crippen molar-refractivity contribution in [2.24, 2.45) is 5.92 Å². The van der Waals surface area contributed by atoms with E-state index in [9.17, 15) is 0 Å². The van der Waals surface area contributed by atoms with E-state index >= 15 is 0 Å². The van der Waals surface area contributed by atoms with E-state index in [1.54, 1.807) is 0 Å². The normalized spacial score (nSPS) is 19.4. The van der Waals surface area contributed by atoms with Crippen LogP contribution in [0.5, 0.6) is 5.75 Å². The molecule has 16 heavy (non-hydrogen) atoms. The Labute approximate surface area is 102 Å². The van der Waals surface area contributed by atoms with Crippen LogP contribution in [-0.2, 0) is 0 Å². The van der Waals surface area contributed by atoms with Crippen LogP contribution in [0, 0.1) is 5.92 Å². The van der Waals surface area contributed by atoms with Crippen LogP contribution in [0.25, 0.3) is 0 Å². The van der Waals surface area contributed by atoms with Gasteiger partial charge in [-0.05, 0) is 18.5 Å². The summed E-state index contributed by atoms with van der Waals surface area (Å²) in [4.78, 5) is 0. The molecule has 88 valence electrons. The van der Waals surface area contributed by atoms with Crippen molar-refractivity contribution in [3.05, 3.63) is 28.8 Å². The van der Waals surface area contributed by atoms with Gasteiger partial charge in [-0.3, -0.25) is 0 Å². The van der Waals surface area contributed by atoms with Gasteiger partial charge in [0.25, 0.3) is 0 Å². The molecule has 0 aromatic heterocycles. The zero-order chi connectivity index (χ0) is 11.5. The SMILES string of the molecule is CC(C)CNC1CCOc2c(Cl)cccc21. The summed E-state index contributed by atoms with van der Waals surface area (Å²) in [6.07, 6.45) is 1.01. The third-order valence-electron chi connectivity index (χ3n) is 2.80. The van der Waals surface area contributed by atoms with Gasteiger partial charge in [0, 0.05) is 18.0 Å². The van der Waals surface area contributed by atoms with Crippen molar-refractivity contribution in [3.63, 3.8) is 0 Å². The van der Waals surface area contributed by atoms with E-state index in [0.29, 0.717) is 17.0 Å². The van der Waals surface area contributed by atoms with Crippen LogP contribution < -0.4 is 10.1 Å². The summed E-state index contributed by atoms with van der Waals surface area (Å²) in [6.45, 7) is 6.19. The topological polar surface area (TPSA) is 21.3 Å². The highest BCUT2D eigenvalue weighted by molar-refractivity contribution is 6.32. The minimum absolute atomic E-state index is 0.379. The number of hydrogen-bond donors (Lipinski definition) is 1. The number of nitrogens with one attached hydrogen (secondary N) is 1. The van der Waals surface area contributed by atoms with Crippen LogP contribution in [-0.4, -0.2) is 13.2 Å². The Bertz CT molecular complexity index is 365. The standard InChI is InChI=1S/C13H18ClNO/c1-9(2)8-15-12-6-7-16-13-10(12)4-3-5-11(13)14/h3-5,9,12,15H,6-8H2,1-2H3. The Hall–Kier alpha value is -0.730. The Kier molecular flexibility index (Phi) is 3.72. The summed E-state index contributed by atoms with van der Waals surface area (Å²) in [5, 5.41) is 4.28. The highest BCUT2D eigenvalue weighted by atomic mass is 35.5. The third kappa shape index (κ3) is 2.50. The second kappa shape index (κ2) is 5.07. The lowest BCUT2D eigenvalue weighted by Gasteiger charge is -2.28. The van der Waals surface area contributed by atoms with Gasteiger partial charge < -0.3 is 10.1 Å². The van der Waals surface area contributed by atoms with E-state index in [-0.39, 0.29) is 0 Å². The molecular weight excluding hydrogens is 222 g/mol. The van der Waals surface area contributed by atoms with Crippen molar-refractivity contribution in [1.29, 1.82) is 0 Å². The first-order valence-corrected chi connectivity index (χ1v) is 6.21. The number of rotatable bonds is 3. The number of benzene rings is 1. The van der Waals surface area contributed by atoms with Gasteiger partial charge in [-0.1, -0.05) is 37.6 Å². The number of para-hydroxylation sites is 1. The molecule has 0 amide bonds. The zero-order valence-corrected chi connectivity index (χ0v) is 10.6. The van der Waals surface area contributed by atoms with Gasteiger partial charge in [0.15, 0.2) is 0 Å². The molecule has 0 fully saturated rings. The van der Waals surface area contributed by atoms with E-state index in [1.807, 2.05) is 12.1 Å². The molecule has 0 saturated heterocycles. The molecule has 0 aliphatic carbocycles. The molecule has 3 heteroatoms. The molecule has 2 rings (SSSR count). The average molecular weight is 240 g/mol. The summed E-state index contributed by atoms with van der Waals surface area (Å²) >= 11 is 6.12. The van der Waals surface area contributed by atoms with Crippen molar-refractivity contribution in [3.8, 4) is 5.75 Å². The fraction of sp³-hybridized carbons (Fsp3) is 0.538. The number of ether oxygens (including phenoxy) is 1. The number of hydrogen-bond acceptors (Lipinski definition) is 2. The molecule has 0 bridgehead atoms. The minimum atomic E-state index is 0.379. The van der Waals surface area contributed by atoms with E-state index in [2.05, 4.69) is 25.2 Å². The predicted octanol–water partition coefficient (Wildman–Crippen LogP) is 3.41. The monoisotopic (exact) mass is 239 g/mol. The summed E-state index contributed by atoms with van der Waals surface area (Å²) < 4.78 is 5.62. The summed E-state index contributed by atoms with van der Waals surface area (Å²) in [5.74, 6) is 1.52. The first-order valence-electron chi connectivity index (χ1n) is 5.83. The first-order chi connectivity index (χ1) is 7.68. The molecule has 1 atom stereocenters. The first kappa shape index (κ1) is 11.7. The van der Waals surface area contributed by atoms with Crippen LogP contribution in [0.1, 0.15) is 31.9 Å². The van der Waals surface area contributed by atoms with E-state index < -0.39 is 0 Å². The van der Waals surface area contributed by atoms with Crippen molar-refractivity contribution < 1.29 is 4.74 Å². The van der Waals surface area contributed by atoms with Crippen molar-refractivity contribution in [1.82, 2.24) is 5.32 Å². The largest absolute Gasteiger partial charge is 0.492 e. The van der Waals surface area contributed by atoms with Gasteiger partial charge in [-0.2, -0.15) is 0 Å². The maximum absolute atomic E-state index is 6.12. The highest BCUT2D eigenvalue weighted by Crippen LogP contribution is 2.37. The lowest BCUT2D eigenvalue weighted by atomic mass is 10.00. The van der Waals surface area contributed by atoms with Crippen molar-refractivity contribution in [2.75, 3.05) is 13.2 Å². The number of halogens is 1. The molecule has 0 spiro atoms. The van der Waals surface area contributed by atoms with Crippen LogP contribution in [0.2, 0.25) is 5.02 Å². The zero-order valence-electron chi connectivity index (χ0n) is 9.79. The van der Waals surface area contributed by atoms with Gasteiger partial charge in [0.1, 0.15) is 5.75 Å². The maximum Gasteiger partial charge on any atom is 0.142 e. The minimum Gasteiger partial charge on any atom is -0.492 e. The van der Waals surface area contributed by atoms with Gasteiger partial charge in [0.2, 0.25) is 0 Å². The molecule has 2 nitrogen and oxygen atoms in total. The molecule has 1 unspecified atom stereocenters. The summed E-state index contributed by atoms with van der Waals surface area (Å²) in [7, 11) is 0. The van der Waals surface area contributed by atoms with E-state index in [0.717, 1.165) is 25.3 Å². The summed E-state index contributed by atoms with van der Waals surface area (Å²) in [6, 6.07) is 6.34. The second-order valence-electron chi connectivity index (χ2n) is 4.65. The smallest absolute Gasteiger partial charge is 0.142 e. The molecule has 1 heterocycles. The molecule has 1 aliphatic heterocycles. The average Bonchev–Trinajstić information content (AvgIpc) is 2.27. The van der Waals surface area contributed by atoms with Crippen LogP contribution in [0.4, 0.5) is 0 Å². The van der Waals surface area contributed by atoms with Gasteiger partial charge in [0.05, 0.1) is 11.6 Å². The van der Waals surface area contributed by atoms with Crippen molar-refractivity contribution >= 4 is 11.6 Å². The molecule has 1 aromatic rings. The van der Waals surface area contributed by atoms with Gasteiger partial charge in [-0.25, -0.2) is 0 Å². The van der Waals surface area contributed by atoms with Crippen LogP contribution in [0.3, 0.4) is 0 Å². The van der Waals surface area contributed by atoms with Crippen LogP contribution >= 0.6 is 11.6 Å². The molecule has 1 N–H and O–H groups in total. The van der Waals surface area contributed by atoms with Gasteiger partial charge in [-0.15, -0.1) is 0 Å². The molecule has 0 radical (unpaired) electrons. The Morgan fingerprint density at radius 2 is 2.31 bits per heavy atom. The molecule has 0 saturated carbocycles. The third-order valence-corrected chi connectivity index (χ3v) is 3.10. The molecule has 1 aromatic carbocycles. The Morgan fingerprint density at radius 1 is 1.50 bits per heavy atom. The second-order valence-corrected chi connectivity index (χ2v) is 5.06. The number of fused-ring (bicyclic) bond motifs is 1.